The van der Waals surface area contributed by atoms with Gasteiger partial charge in [-0.15, -0.1) is 5.10 Å². The van der Waals surface area contributed by atoms with Crippen LogP contribution in [0.4, 0.5) is 11.8 Å². The summed E-state index contributed by atoms with van der Waals surface area (Å²) in [4.78, 5) is 26.0. The zero-order valence-electron chi connectivity index (χ0n) is 13.7. The smallest absolute Gasteiger partial charge is 0.358 e. The molecule has 0 radical (unpaired) electrons. The molecule has 0 spiro atoms. The van der Waals surface area contributed by atoms with Gasteiger partial charge in [0.05, 0.1) is 30.5 Å². The molecular weight excluding hydrogens is 397 g/mol. The van der Waals surface area contributed by atoms with Gasteiger partial charge in [0.1, 0.15) is 6.33 Å². The fraction of sp³-hybridized carbons (Fsp3) is 0.200. The van der Waals surface area contributed by atoms with Gasteiger partial charge in [-0.25, -0.2) is 9.67 Å². The molecule has 0 saturated carbocycles. The summed E-state index contributed by atoms with van der Waals surface area (Å²) in [6.07, 6.45) is 2.97. The van der Waals surface area contributed by atoms with Gasteiger partial charge in [-0.1, -0.05) is 29.3 Å². The number of benzene rings is 1. The minimum atomic E-state index is -0.597. The number of amides is 1. The Kier molecular flexibility index (Phi) is 5.67. The third-order valence-corrected chi connectivity index (χ3v) is 4.10. The van der Waals surface area contributed by atoms with Crippen molar-refractivity contribution in [3.8, 4) is 0 Å². The number of aryl methyl sites for hydroxylation is 1. The van der Waals surface area contributed by atoms with Crippen LogP contribution in [0, 0.1) is 10.1 Å². The maximum absolute atomic E-state index is 12.0. The number of rotatable bonds is 7. The number of nitro groups is 1. The molecule has 140 valence electrons. The quantitative estimate of drug-likeness (QED) is 0.472. The Labute approximate surface area is 162 Å². The van der Waals surface area contributed by atoms with Gasteiger partial charge in [0.2, 0.25) is 11.9 Å². The predicted molar refractivity (Wildman–Crippen MR) is 97.7 cm³/mol. The van der Waals surface area contributed by atoms with E-state index in [1.54, 1.807) is 18.2 Å². The first-order valence-corrected chi connectivity index (χ1v) is 8.47. The van der Waals surface area contributed by atoms with Gasteiger partial charge in [-0.3, -0.25) is 10.1 Å². The molecule has 1 aromatic carbocycles. The molecule has 0 bridgehead atoms. The largest absolute Gasteiger partial charge is 0.389 e. The van der Waals surface area contributed by atoms with Gasteiger partial charge in [0.25, 0.3) is 0 Å². The standard InChI is InChI=1S/C15H13Cl2N7O3/c16-11-2-1-10(12(17)7-11)8-23-9-18-15(21-23)19-14(25)4-6-22-5-3-13(20-22)24(26)27/h1-3,5,7,9H,4,6,8H2,(H,19,21,25). The van der Waals surface area contributed by atoms with Gasteiger partial charge in [-0.05, 0) is 22.6 Å². The molecule has 0 atom stereocenters. The Morgan fingerprint density at radius 3 is 2.74 bits per heavy atom. The average Bonchev–Trinajstić information content (AvgIpc) is 3.25. The van der Waals surface area contributed by atoms with Gasteiger partial charge in [-0.2, -0.15) is 4.68 Å². The maximum atomic E-state index is 12.0. The molecule has 0 aliphatic heterocycles. The SMILES string of the molecule is O=C(CCn1ccc([N+](=O)[O-])n1)Nc1ncn(Cc2ccc(Cl)cc2Cl)n1. The summed E-state index contributed by atoms with van der Waals surface area (Å²) in [5.74, 6) is -0.455. The highest BCUT2D eigenvalue weighted by Gasteiger charge is 2.13. The highest BCUT2D eigenvalue weighted by molar-refractivity contribution is 6.35. The first-order chi connectivity index (χ1) is 12.9. The number of hydrogen-bond acceptors (Lipinski definition) is 6. The van der Waals surface area contributed by atoms with Crippen LogP contribution in [0.15, 0.2) is 36.8 Å². The number of anilines is 1. The molecule has 0 saturated heterocycles. The molecular formula is C15H13Cl2N7O3. The van der Waals surface area contributed by atoms with Crippen LogP contribution in [0.3, 0.4) is 0 Å². The summed E-state index contributed by atoms with van der Waals surface area (Å²) in [7, 11) is 0. The maximum Gasteiger partial charge on any atom is 0.389 e. The normalized spacial score (nSPS) is 10.7. The van der Waals surface area contributed by atoms with Gasteiger partial charge in [0.15, 0.2) is 0 Å². The second kappa shape index (κ2) is 8.14. The Bertz CT molecular complexity index is 985. The first kappa shape index (κ1) is 18.8. The van der Waals surface area contributed by atoms with Crippen molar-refractivity contribution in [1.82, 2.24) is 24.5 Å². The van der Waals surface area contributed by atoms with E-state index in [0.29, 0.717) is 16.6 Å². The number of carbonyl (C=O) groups excluding carboxylic acids is 1. The summed E-state index contributed by atoms with van der Waals surface area (Å²) >= 11 is 12.0. The lowest BCUT2D eigenvalue weighted by Gasteiger charge is -2.04. The van der Waals surface area contributed by atoms with Gasteiger partial charge < -0.3 is 10.1 Å². The van der Waals surface area contributed by atoms with Crippen molar-refractivity contribution in [3.63, 3.8) is 0 Å². The summed E-state index contributed by atoms with van der Waals surface area (Å²) in [6.45, 7) is 0.566. The molecule has 3 aromatic rings. The lowest BCUT2D eigenvalue weighted by atomic mass is 10.2. The van der Waals surface area contributed by atoms with Crippen LogP contribution in [0.2, 0.25) is 10.0 Å². The van der Waals surface area contributed by atoms with Crippen molar-refractivity contribution in [2.75, 3.05) is 5.32 Å². The Balaban J connectivity index is 1.53. The van der Waals surface area contributed by atoms with Crippen molar-refractivity contribution in [3.05, 3.63) is 62.5 Å². The molecule has 2 aromatic heterocycles. The third kappa shape index (κ3) is 5.02. The number of nitrogens with zero attached hydrogens (tertiary/aromatic N) is 6. The molecule has 0 aliphatic rings. The predicted octanol–water partition coefficient (Wildman–Crippen LogP) is 2.77. The van der Waals surface area contributed by atoms with E-state index in [9.17, 15) is 14.9 Å². The zero-order chi connectivity index (χ0) is 19.4. The van der Waals surface area contributed by atoms with E-state index in [-0.39, 0.29) is 30.6 Å². The van der Waals surface area contributed by atoms with Crippen LogP contribution in [0.1, 0.15) is 12.0 Å². The van der Waals surface area contributed by atoms with E-state index in [2.05, 4.69) is 20.5 Å². The Hall–Kier alpha value is -2.98. The minimum absolute atomic E-state index is 0.0659. The minimum Gasteiger partial charge on any atom is -0.358 e. The molecule has 27 heavy (non-hydrogen) atoms. The van der Waals surface area contributed by atoms with E-state index in [4.69, 9.17) is 23.2 Å². The molecule has 1 N–H and O–H groups in total. The molecule has 1 amide bonds. The van der Waals surface area contributed by atoms with E-state index in [1.165, 1.54) is 28.0 Å². The topological polar surface area (TPSA) is 121 Å². The monoisotopic (exact) mass is 409 g/mol. The van der Waals surface area contributed by atoms with Crippen molar-refractivity contribution >= 4 is 40.9 Å². The molecule has 0 aliphatic carbocycles. The van der Waals surface area contributed by atoms with E-state index < -0.39 is 4.92 Å². The number of hydrogen-bond donors (Lipinski definition) is 1. The molecule has 3 rings (SSSR count). The van der Waals surface area contributed by atoms with Crippen molar-refractivity contribution < 1.29 is 9.72 Å². The Morgan fingerprint density at radius 1 is 1.22 bits per heavy atom. The van der Waals surface area contributed by atoms with E-state index in [0.717, 1.165) is 5.56 Å². The Morgan fingerprint density at radius 2 is 2.04 bits per heavy atom. The average molecular weight is 410 g/mol. The van der Waals surface area contributed by atoms with Crippen LogP contribution in [0.5, 0.6) is 0 Å². The number of carbonyl (C=O) groups is 1. The van der Waals surface area contributed by atoms with Crippen molar-refractivity contribution in [2.24, 2.45) is 0 Å². The van der Waals surface area contributed by atoms with Crippen LogP contribution >= 0.6 is 23.2 Å². The molecule has 10 nitrogen and oxygen atoms in total. The van der Waals surface area contributed by atoms with Gasteiger partial charge in [0, 0.05) is 16.5 Å². The van der Waals surface area contributed by atoms with Crippen LogP contribution in [-0.4, -0.2) is 35.4 Å². The molecule has 2 heterocycles. The summed E-state index contributed by atoms with van der Waals surface area (Å²) in [5.41, 5.74) is 0.809. The number of nitrogens with one attached hydrogen (secondary N) is 1. The fourth-order valence-corrected chi connectivity index (χ4v) is 2.70. The van der Waals surface area contributed by atoms with E-state index >= 15 is 0 Å². The summed E-state index contributed by atoms with van der Waals surface area (Å²) in [6, 6.07) is 6.41. The van der Waals surface area contributed by atoms with Crippen LogP contribution in [-0.2, 0) is 17.9 Å². The fourth-order valence-electron chi connectivity index (χ4n) is 2.23. The summed E-state index contributed by atoms with van der Waals surface area (Å²) in [5, 5.41) is 22.1. The lowest BCUT2D eigenvalue weighted by molar-refractivity contribution is -0.389. The van der Waals surface area contributed by atoms with Crippen LogP contribution < -0.4 is 5.32 Å². The first-order valence-electron chi connectivity index (χ1n) is 7.72. The summed E-state index contributed by atoms with van der Waals surface area (Å²) < 4.78 is 2.86. The number of aromatic nitrogens is 5. The molecule has 0 unspecified atom stereocenters. The highest BCUT2D eigenvalue weighted by Crippen LogP contribution is 2.21. The van der Waals surface area contributed by atoms with Crippen molar-refractivity contribution in [1.29, 1.82) is 0 Å². The lowest BCUT2D eigenvalue weighted by Crippen LogP contribution is -2.16. The van der Waals surface area contributed by atoms with Gasteiger partial charge >= 0.3 is 5.82 Å². The number of halogens is 2. The molecule has 12 heteroatoms. The van der Waals surface area contributed by atoms with E-state index in [1.807, 2.05) is 0 Å². The zero-order valence-corrected chi connectivity index (χ0v) is 15.3. The third-order valence-electron chi connectivity index (χ3n) is 3.52. The second-order valence-corrected chi connectivity index (χ2v) is 6.34. The second-order valence-electron chi connectivity index (χ2n) is 5.49. The van der Waals surface area contributed by atoms with Crippen LogP contribution in [0.25, 0.3) is 0 Å². The highest BCUT2D eigenvalue weighted by atomic mass is 35.5. The molecule has 0 fully saturated rings. The van der Waals surface area contributed by atoms with Crippen molar-refractivity contribution in [2.45, 2.75) is 19.5 Å².